The molecular weight excluding hydrogens is 310 g/mol. The summed E-state index contributed by atoms with van der Waals surface area (Å²) in [6, 6.07) is 18.1. The molecule has 0 aromatic heterocycles. The van der Waals surface area contributed by atoms with Gasteiger partial charge in [-0.15, -0.1) is 0 Å². The van der Waals surface area contributed by atoms with Gasteiger partial charge in [0.1, 0.15) is 12.4 Å². The number of allylic oxidation sites excluding steroid dienone is 1. The predicted octanol–water partition coefficient (Wildman–Crippen LogP) is 4.83. The first-order valence-corrected chi connectivity index (χ1v) is 8.84. The summed E-state index contributed by atoms with van der Waals surface area (Å²) in [6.07, 6.45) is 3.85. The summed E-state index contributed by atoms with van der Waals surface area (Å²) >= 11 is 0. The maximum atomic E-state index is 11.8. The quantitative estimate of drug-likeness (QED) is 0.701. The van der Waals surface area contributed by atoms with Gasteiger partial charge in [-0.3, -0.25) is 4.79 Å². The number of rotatable bonds is 8. The highest BCUT2D eigenvalue weighted by molar-refractivity contribution is 5.95. The van der Waals surface area contributed by atoms with E-state index in [9.17, 15) is 4.79 Å². The number of hydrogen-bond donors (Lipinski definition) is 1. The first-order chi connectivity index (χ1) is 12.1. The Balaban J connectivity index is 2.11. The van der Waals surface area contributed by atoms with Gasteiger partial charge in [0, 0.05) is 13.1 Å². The fraction of sp³-hybridized carbons (Fsp3) is 0.318. The van der Waals surface area contributed by atoms with Gasteiger partial charge in [0.05, 0.1) is 0 Å². The minimum absolute atomic E-state index is 0.0673. The van der Waals surface area contributed by atoms with Gasteiger partial charge in [0.25, 0.3) is 0 Å². The second kappa shape index (κ2) is 9.67. The monoisotopic (exact) mass is 337 g/mol. The SMILES string of the molecule is CCCC(C)/C(=C\C(=O)NC)c1ccc(OCc2ccccc2)cc1. The van der Waals surface area contributed by atoms with E-state index in [1.165, 1.54) is 0 Å². The van der Waals surface area contributed by atoms with Crippen molar-refractivity contribution in [1.82, 2.24) is 5.32 Å². The summed E-state index contributed by atoms with van der Waals surface area (Å²) in [5.41, 5.74) is 3.27. The van der Waals surface area contributed by atoms with Crippen LogP contribution >= 0.6 is 0 Å². The Morgan fingerprint density at radius 1 is 1.12 bits per heavy atom. The Hall–Kier alpha value is -2.55. The lowest BCUT2D eigenvalue weighted by Gasteiger charge is -2.16. The molecule has 2 aromatic carbocycles. The van der Waals surface area contributed by atoms with Crippen LogP contribution in [-0.4, -0.2) is 13.0 Å². The fourth-order valence-corrected chi connectivity index (χ4v) is 2.80. The van der Waals surface area contributed by atoms with Crippen molar-refractivity contribution in [2.75, 3.05) is 7.05 Å². The lowest BCUT2D eigenvalue weighted by Crippen LogP contribution is -2.16. The van der Waals surface area contributed by atoms with Crippen LogP contribution in [-0.2, 0) is 11.4 Å². The molecule has 0 aliphatic heterocycles. The molecule has 0 heterocycles. The third-order valence-electron chi connectivity index (χ3n) is 4.22. The van der Waals surface area contributed by atoms with Crippen molar-refractivity contribution in [2.45, 2.75) is 33.3 Å². The Kier molecular flexibility index (Phi) is 7.27. The second-order valence-electron chi connectivity index (χ2n) is 6.20. The van der Waals surface area contributed by atoms with Crippen molar-refractivity contribution in [3.8, 4) is 5.75 Å². The average molecular weight is 337 g/mol. The number of carbonyl (C=O) groups excluding carboxylic acids is 1. The molecule has 0 fully saturated rings. The minimum Gasteiger partial charge on any atom is -0.489 e. The maximum absolute atomic E-state index is 11.8. The van der Waals surface area contributed by atoms with E-state index in [1.807, 2.05) is 54.6 Å². The summed E-state index contributed by atoms with van der Waals surface area (Å²) in [6.45, 7) is 4.87. The van der Waals surface area contributed by atoms with Gasteiger partial charge in [-0.05, 0) is 41.2 Å². The van der Waals surface area contributed by atoms with Gasteiger partial charge in [-0.25, -0.2) is 0 Å². The lowest BCUT2D eigenvalue weighted by molar-refractivity contribution is -0.116. The van der Waals surface area contributed by atoms with Gasteiger partial charge in [0.2, 0.25) is 5.91 Å². The average Bonchev–Trinajstić information content (AvgIpc) is 2.65. The highest BCUT2D eigenvalue weighted by atomic mass is 16.5. The molecule has 2 aromatic rings. The van der Waals surface area contributed by atoms with Gasteiger partial charge in [0.15, 0.2) is 0 Å². The van der Waals surface area contributed by atoms with Crippen LogP contribution in [0.4, 0.5) is 0 Å². The van der Waals surface area contributed by atoms with Crippen molar-refractivity contribution in [2.24, 2.45) is 5.92 Å². The summed E-state index contributed by atoms with van der Waals surface area (Å²) in [4.78, 5) is 11.8. The number of likely N-dealkylation sites (N-methyl/N-ethyl adjacent to an activating group) is 1. The largest absolute Gasteiger partial charge is 0.489 e. The molecule has 1 unspecified atom stereocenters. The molecule has 1 amide bonds. The van der Waals surface area contributed by atoms with Crippen molar-refractivity contribution in [1.29, 1.82) is 0 Å². The molecule has 0 saturated heterocycles. The smallest absolute Gasteiger partial charge is 0.244 e. The molecule has 0 spiro atoms. The molecule has 1 N–H and O–H groups in total. The zero-order chi connectivity index (χ0) is 18.1. The Bertz CT molecular complexity index is 690. The molecule has 1 atom stereocenters. The maximum Gasteiger partial charge on any atom is 0.244 e. The standard InChI is InChI=1S/C22H27NO2/c1-4-8-17(2)21(15-22(24)23-3)19-11-13-20(14-12-19)25-16-18-9-6-5-7-10-18/h5-7,9-15,17H,4,8,16H2,1-3H3,(H,23,24)/b21-15+. The summed E-state index contributed by atoms with van der Waals surface area (Å²) in [7, 11) is 1.65. The number of carbonyl (C=O) groups is 1. The van der Waals surface area contributed by atoms with Crippen LogP contribution in [0, 0.1) is 5.92 Å². The third-order valence-corrected chi connectivity index (χ3v) is 4.22. The minimum atomic E-state index is -0.0673. The molecule has 0 radical (unpaired) electrons. The molecule has 3 nitrogen and oxygen atoms in total. The van der Waals surface area contributed by atoms with E-state index >= 15 is 0 Å². The fourth-order valence-electron chi connectivity index (χ4n) is 2.80. The van der Waals surface area contributed by atoms with E-state index in [-0.39, 0.29) is 5.91 Å². The number of ether oxygens (including phenoxy) is 1. The van der Waals surface area contributed by atoms with Crippen LogP contribution in [0.2, 0.25) is 0 Å². The van der Waals surface area contributed by atoms with Gasteiger partial charge < -0.3 is 10.1 Å². The van der Waals surface area contributed by atoms with Crippen LogP contribution in [0.1, 0.15) is 37.8 Å². The van der Waals surface area contributed by atoms with Crippen molar-refractivity contribution in [3.63, 3.8) is 0 Å². The van der Waals surface area contributed by atoms with E-state index < -0.39 is 0 Å². The van der Waals surface area contributed by atoms with Crippen LogP contribution < -0.4 is 10.1 Å². The third kappa shape index (κ3) is 5.79. The Morgan fingerprint density at radius 3 is 2.40 bits per heavy atom. The molecule has 0 bridgehead atoms. The van der Waals surface area contributed by atoms with Crippen LogP contribution in [0.5, 0.6) is 5.75 Å². The van der Waals surface area contributed by atoms with E-state index in [4.69, 9.17) is 4.74 Å². The second-order valence-corrected chi connectivity index (χ2v) is 6.20. The van der Waals surface area contributed by atoms with Gasteiger partial charge >= 0.3 is 0 Å². The number of nitrogens with one attached hydrogen (secondary N) is 1. The summed E-state index contributed by atoms with van der Waals surface area (Å²) < 4.78 is 5.84. The van der Waals surface area contributed by atoms with Crippen LogP contribution in [0.15, 0.2) is 60.7 Å². The van der Waals surface area contributed by atoms with Crippen molar-refractivity contribution in [3.05, 3.63) is 71.8 Å². The highest BCUT2D eigenvalue weighted by Gasteiger charge is 2.12. The Labute approximate surface area is 150 Å². The number of benzene rings is 2. The first kappa shape index (κ1) is 18.8. The van der Waals surface area contributed by atoms with Crippen LogP contribution in [0.3, 0.4) is 0 Å². The lowest BCUT2D eigenvalue weighted by atomic mass is 9.90. The molecule has 25 heavy (non-hydrogen) atoms. The molecule has 0 aliphatic carbocycles. The summed E-state index contributed by atoms with van der Waals surface area (Å²) in [5.74, 6) is 1.09. The van der Waals surface area contributed by atoms with E-state index in [1.54, 1.807) is 13.1 Å². The predicted molar refractivity (Wildman–Crippen MR) is 103 cm³/mol. The normalized spacial score (nSPS) is 12.5. The van der Waals surface area contributed by atoms with Crippen LogP contribution in [0.25, 0.3) is 5.57 Å². The molecule has 132 valence electrons. The Morgan fingerprint density at radius 2 is 1.80 bits per heavy atom. The zero-order valence-electron chi connectivity index (χ0n) is 15.3. The van der Waals surface area contributed by atoms with E-state index in [2.05, 4.69) is 19.2 Å². The van der Waals surface area contributed by atoms with E-state index in [0.717, 1.165) is 35.3 Å². The molecular formula is C22H27NO2. The molecule has 2 rings (SSSR count). The highest BCUT2D eigenvalue weighted by Crippen LogP contribution is 2.28. The number of hydrogen-bond acceptors (Lipinski definition) is 2. The van der Waals surface area contributed by atoms with E-state index in [0.29, 0.717) is 12.5 Å². The topological polar surface area (TPSA) is 38.3 Å². The molecule has 0 aliphatic rings. The summed E-state index contributed by atoms with van der Waals surface area (Å²) in [5, 5.41) is 2.67. The zero-order valence-corrected chi connectivity index (χ0v) is 15.3. The van der Waals surface area contributed by atoms with Gasteiger partial charge in [-0.1, -0.05) is 62.7 Å². The van der Waals surface area contributed by atoms with Gasteiger partial charge in [-0.2, -0.15) is 0 Å². The first-order valence-electron chi connectivity index (χ1n) is 8.84. The molecule has 3 heteroatoms. The van der Waals surface area contributed by atoms with Crippen molar-refractivity contribution < 1.29 is 9.53 Å². The molecule has 0 saturated carbocycles. The van der Waals surface area contributed by atoms with Crippen molar-refractivity contribution >= 4 is 11.5 Å². The number of amides is 1.